The lowest BCUT2D eigenvalue weighted by Gasteiger charge is -2.17. The first-order valence-electron chi connectivity index (χ1n) is 9.29. The Hall–Kier alpha value is -3.15. The van der Waals surface area contributed by atoms with Gasteiger partial charge in [0.2, 0.25) is 11.8 Å². The van der Waals surface area contributed by atoms with Gasteiger partial charge in [-0.05, 0) is 37.1 Å². The van der Waals surface area contributed by atoms with Crippen LogP contribution in [0.1, 0.15) is 29.3 Å². The van der Waals surface area contributed by atoms with Gasteiger partial charge >= 0.3 is 0 Å². The second-order valence-corrected chi connectivity index (χ2v) is 6.93. The number of hydrogen-bond donors (Lipinski definition) is 1. The van der Waals surface area contributed by atoms with E-state index in [-0.39, 0.29) is 24.0 Å². The van der Waals surface area contributed by atoms with E-state index in [2.05, 4.69) is 5.32 Å². The molecule has 0 saturated carbocycles. The summed E-state index contributed by atoms with van der Waals surface area (Å²) in [6, 6.07) is 14.5. The van der Waals surface area contributed by atoms with Gasteiger partial charge in [0.25, 0.3) is 0 Å². The first kappa shape index (κ1) is 19.6. The van der Waals surface area contributed by atoms with Crippen molar-refractivity contribution in [2.45, 2.75) is 19.8 Å². The number of methoxy groups -OCH3 is 1. The van der Waals surface area contributed by atoms with Crippen LogP contribution in [-0.2, 0) is 16.0 Å². The van der Waals surface area contributed by atoms with Crippen molar-refractivity contribution in [1.29, 1.82) is 0 Å². The molecule has 1 heterocycles. The largest absolute Gasteiger partial charge is 0.496 e. The van der Waals surface area contributed by atoms with E-state index < -0.39 is 5.92 Å². The Bertz CT molecular complexity index is 894. The minimum Gasteiger partial charge on any atom is -0.496 e. The fourth-order valence-corrected chi connectivity index (χ4v) is 3.39. The van der Waals surface area contributed by atoms with Crippen molar-refractivity contribution in [2.24, 2.45) is 5.92 Å². The van der Waals surface area contributed by atoms with Crippen molar-refractivity contribution in [3.63, 3.8) is 0 Å². The molecule has 0 spiro atoms. The number of hydrogen-bond acceptors (Lipinski definition) is 4. The molecule has 1 N–H and O–H groups in total. The molecular formula is C22H24N2O4. The summed E-state index contributed by atoms with van der Waals surface area (Å²) in [5.41, 5.74) is 2.14. The number of nitrogens with zero attached hydrogens (tertiary/aromatic N) is 1. The van der Waals surface area contributed by atoms with Crippen molar-refractivity contribution in [3.05, 3.63) is 59.7 Å². The lowest BCUT2D eigenvalue weighted by molar-refractivity contribution is -0.128. The summed E-state index contributed by atoms with van der Waals surface area (Å²) in [6.45, 7) is 2.42. The zero-order valence-electron chi connectivity index (χ0n) is 16.1. The Kier molecular flexibility index (Phi) is 6.09. The number of carbonyl (C=O) groups is 3. The average molecular weight is 380 g/mol. The van der Waals surface area contributed by atoms with E-state index in [0.717, 1.165) is 11.3 Å². The molecule has 0 bridgehead atoms. The quantitative estimate of drug-likeness (QED) is 0.750. The Morgan fingerprint density at radius 1 is 1.18 bits per heavy atom. The van der Waals surface area contributed by atoms with Gasteiger partial charge in [0.15, 0.2) is 5.78 Å². The van der Waals surface area contributed by atoms with E-state index in [1.807, 2.05) is 24.3 Å². The van der Waals surface area contributed by atoms with Gasteiger partial charge in [-0.2, -0.15) is 0 Å². The van der Waals surface area contributed by atoms with Gasteiger partial charge in [-0.1, -0.05) is 30.3 Å². The van der Waals surface area contributed by atoms with Crippen LogP contribution in [0, 0.1) is 5.92 Å². The molecule has 0 aliphatic carbocycles. The zero-order valence-corrected chi connectivity index (χ0v) is 16.1. The number of rotatable bonds is 7. The second kappa shape index (κ2) is 8.69. The van der Waals surface area contributed by atoms with E-state index in [1.54, 1.807) is 36.3 Å². The molecule has 2 aromatic rings. The standard InChI is InChI=1S/C22H24N2O4/c1-15(25)17-7-5-8-19(12-17)23-22(27)18-13-21(26)24(14-18)11-10-16-6-3-4-9-20(16)28-2/h3-9,12,18H,10-11,13-14H2,1-2H3,(H,23,27). The third-order valence-corrected chi connectivity index (χ3v) is 4.97. The van der Waals surface area contributed by atoms with Gasteiger partial charge in [-0.25, -0.2) is 0 Å². The number of para-hydroxylation sites is 1. The van der Waals surface area contributed by atoms with Gasteiger partial charge in [0.05, 0.1) is 13.0 Å². The van der Waals surface area contributed by atoms with Crippen molar-refractivity contribution in [3.8, 4) is 5.75 Å². The molecule has 1 aliphatic rings. The summed E-state index contributed by atoms with van der Waals surface area (Å²) in [7, 11) is 1.63. The summed E-state index contributed by atoms with van der Waals surface area (Å²) in [5.74, 6) is 0.121. The van der Waals surface area contributed by atoms with E-state index in [4.69, 9.17) is 4.74 Å². The van der Waals surface area contributed by atoms with Crippen LogP contribution in [0.4, 0.5) is 5.69 Å². The highest BCUT2D eigenvalue weighted by atomic mass is 16.5. The normalized spacial score (nSPS) is 16.1. The zero-order chi connectivity index (χ0) is 20.1. The van der Waals surface area contributed by atoms with Gasteiger partial charge in [-0.15, -0.1) is 0 Å². The molecule has 28 heavy (non-hydrogen) atoms. The van der Waals surface area contributed by atoms with Gasteiger partial charge in [-0.3, -0.25) is 14.4 Å². The molecule has 6 nitrogen and oxygen atoms in total. The molecule has 1 atom stereocenters. The van der Waals surface area contributed by atoms with E-state index in [9.17, 15) is 14.4 Å². The van der Waals surface area contributed by atoms with Crippen molar-refractivity contribution in [1.82, 2.24) is 4.90 Å². The number of amides is 2. The molecule has 1 saturated heterocycles. The van der Waals surface area contributed by atoms with Gasteiger partial charge < -0.3 is 15.0 Å². The minimum absolute atomic E-state index is 0.0208. The molecule has 6 heteroatoms. The summed E-state index contributed by atoms with van der Waals surface area (Å²) >= 11 is 0. The van der Waals surface area contributed by atoms with Gasteiger partial charge in [0.1, 0.15) is 5.75 Å². The topological polar surface area (TPSA) is 75.7 Å². The van der Waals surface area contributed by atoms with Crippen LogP contribution in [0.5, 0.6) is 5.75 Å². The monoisotopic (exact) mass is 380 g/mol. The van der Waals surface area contributed by atoms with Crippen LogP contribution < -0.4 is 10.1 Å². The number of ketones is 1. The molecule has 1 unspecified atom stereocenters. The van der Waals surface area contributed by atoms with Crippen LogP contribution >= 0.6 is 0 Å². The predicted molar refractivity (Wildman–Crippen MR) is 106 cm³/mol. The third-order valence-electron chi connectivity index (χ3n) is 4.97. The Morgan fingerprint density at radius 3 is 2.71 bits per heavy atom. The fourth-order valence-electron chi connectivity index (χ4n) is 3.39. The van der Waals surface area contributed by atoms with Crippen LogP contribution in [0.25, 0.3) is 0 Å². The number of nitrogens with one attached hydrogen (secondary N) is 1. The highest BCUT2D eigenvalue weighted by Crippen LogP contribution is 2.23. The molecule has 146 valence electrons. The SMILES string of the molecule is COc1ccccc1CCN1CC(C(=O)Nc2cccc(C(C)=O)c2)CC1=O. The maximum Gasteiger partial charge on any atom is 0.229 e. The van der Waals surface area contributed by atoms with E-state index in [1.165, 1.54) is 6.92 Å². The molecule has 1 fully saturated rings. The molecule has 2 aromatic carbocycles. The summed E-state index contributed by atoms with van der Waals surface area (Å²) in [6.07, 6.45) is 0.870. The van der Waals surface area contributed by atoms with Crippen LogP contribution in [-0.4, -0.2) is 42.7 Å². The number of carbonyl (C=O) groups excluding carboxylic acids is 3. The lowest BCUT2D eigenvalue weighted by atomic mass is 10.1. The predicted octanol–water partition coefficient (Wildman–Crippen LogP) is 2.93. The minimum atomic E-state index is -0.397. The summed E-state index contributed by atoms with van der Waals surface area (Å²) < 4.78 is 5.35. The van der Waals surface area contributed by atoms with Crippen LogP contribution in [0.3, 0.4) is 0 Å². The van der Waals surface area contributed by atoms with Crippen molar-refractivity contribution in [2.75, 3.05) is 25.5 Å². The Labute approximate surface area is 164 Å². The maximum atomic E-state index is 12.6. The maximum absolute atomic E-state index is 12.6. The highest BCUT2D eigenvalue weighted by Gasteiger charge is 2.34. The average Bonchev–Trinajstić information content (AvgIpc) is 3.07. The number of likely N-dealkylation sites (tertiary alicyclic amines) is 1. The molecule has 1 aliphatic heterocycles. The second-order valence-electron chi connectivity index (χ2n) is 6.93. The first-order valence-corrected chi connectivity index (χ1v) is 9.29. The number of benzene rings is 2. The Balaban J connectivity index is 1.58. The van der Waals surface area contributed by atoms with Crippen molar-refractivity contribution >= 4 is 23.3 Å². The summed E-state index contributed by atoms with van der Waals surface area (Å²) in [5, 5.41) is 2.82. The van der Waals surface area contributed by atoms with Gasteiger partial charge in [0, 0.05) is 30.8 Å². The number of anilines is 1. The molecule has 0 aromatic heterocycles. The first-order chi connectivity index (χ1) is 13.5. The molecule has 2 amide bonds. The van der Waals surface area contributed by atoms with Crippen molar-refractivity contribution < 1.29 is 19.1 Å². The summed E-state index contributed by atoms with van der Waals surface area (Å²) in [4.78, 5) is 38.1. The van der Waals surface area contributed by atoms with Crippen LogP contribution in [0.15, 0.2) is 48.5 Å². The lowest BCUT2D eigenvalue weighted by Crippen LogP contribution is -2.30. The van der Waals surface area contributed by atoms with Crippen LogP contribution in [0.2, 0.25) is 0 Å². The van der Waals surface area contributed by atoms with E-state index >= 15 is 0 Å². The van der Waals surface area contributed by atoms with E-state index in [0.29, 0.717) is 30.8 Å². The smallest absolute Gasteiger partial charge is 0.229 e. The molecular weight excluding hydrogens is 356 g/mol. The third kappa shape index (κ3) is 4.57. The highest BCUT2D eigenvalue weighted by molar-refractivity contribution is 5.99. The number of ether oxygens (including phenoxy) is 1. The number of Topliss-reactive ketones (excluding diaryl/α,β-unsaturated/α-hetero) is 1. The fraction of sp³-hybridized carbons (Fsp3) is 0.318. The molecule has 0 radical (unpaired) electrons. The Morgan fingerprint density at radius 2 is 1.96 bits per heavy atom. The molecule has 3 rings (SSSR count).